The van der Waals surface area contributed by atoms with Crippen molar-refractivity contribution in [2.24, 2.45) is 0 Å². The Labute approximate surface area is 582 Å². The highest BCUT2D eigenvalue weighted by Gasteiger charge is 2.55. The highest BCUT2D eigenvalue weighted by Crippen LogP contribution is 2.35. The molecule has 0 spiro atoms. The number of carbonyl (C=O) groups excluding carboxylic acids is 7. The van der Waals surface area contributed by atoms with E-state index in [0.717, 1.165) is 5.56 Å². The predicted molar refractivity (Wildman–Crippen MR) is 355 cm³/mol. The average molecular weight is 1400 g/mol. The van der Waals surface area contributed by atoms with Crippen LogP contribution in [0, 0.1) is 0 Å². The Kier molecular flexibility index (Phi) is 28.1. The fourth-order valence-corrected chi connectivity index (χ4v) is 10.9. The Morgan fingerprint density at radius 3 is 1.24 bits per heavy atom. The normalized spacial score (nSPS) is 25.6. The third-order valence-electron chi connectivity index (χ3n) is 15.9. The number of rotatable bonds is 28. The molecule has 11 N–H and O–H groups in total. The Hall–Kier alpha value is -9.73. The summed E-state index contributed by atoms with van der Waals surface area (Å²) in [4.78, 5) is 94.1. The van der Waals surface area contributed by atoms with Gasteiger partial charge in [0.25, 0.3) is 5.91 Å². The maximum atomic E-state index is 14.2. The van der Waals surface area contributed by atoms with Crippen LogP contribution in [-0.2, 0) is 94.7 Å². The van der Waals surface area contributed by atoms with Gasteiger partial charge in [-0.1, -0.05) is 176 Å². The second-order valence-corrected chi connectivity index (χ2v) is 24.8. The Morgan fingerprint density at radius 2 is 0.832 bits per heavy atom. The van der Waals surface area contributed by atoms with Gasteiger partial charge in [-0.15, -0.1) is 0 Å². The molecule has 101 heavy (non-hydrogen) atoms. The van der Waals surface area contributed by atoms with E-state index in [1.54, 1.807) is 160 Å². The minimum absolute atomic E-state index is 0.0395. The quantitative estimate of drug-likeness (QED) is 0.0240. The molecule has 30 heteroatoms. The number of ether oxygens (including phenoxy) is 12. The molecule has 5 aromatic rings. The first-order valence-corrected chi connectivity index (χ1v) is 32.7. The van der Waals surface area contributed by atoms with Crippen LogP contribution in [0.25, 0.3) is 0 Å². The smallest absolute Gasteiger partial charge is 0.408 e. The van der Waals surface area contributed by atoms with Gasteiger partial charge < -0.3 is 114 Å². The van der Waals surface area contributed by atoms with E-state index in [2.05, 4.69) is 37.2 Å². The van der Waals surface area contributed by atoms with Gasteiger partial charge in [0.2, 0.25) is 0 Å². The molecule has 30 nitrogen and oxygen atoms in total. The van der Waals surface area contributed by atoms with Crippen LogP contribution < -0.4 is 37.2 Å². The summed E-state index contributed by atoms with van der Waals surface area (Å²) >= 11 is 0. The van der Waals surface area contributed by atoms with E-state index < -0.39 is 166 Å². The highest BCUT2D eigenvalue weighted by atomic mass is 16.8. The largest absolute Gasteiger partial charge is 0.445 e. The first kappa shape index (κ1) is 75.5. The van der Waals surface area contributed by atoms with Gasteiger partial charge in [0.15, 0.2) is 18.9 Å². The lowest BCUT2D eigenvalue weighted by Crippen LogP contribution is -2.68. The van der Waals surface area contributed by atoms with E-state index in [9.17, 15) is 54.0 Å². The molecule has 1 saturated carbocycles. The number of carbonyl (C=O) groups is 7. The molecule has 1 saturated heterocycles. The molecule has 1 aliphatic carbocycles. The second kappa shape index (κ2) is 37.6. The minimum atomic E-state index is -2.00. The first-order valence-electron chi connectivity index (χ1n) is 32.7. The van der Waals surface area contributed by atoms with Crippen LogP contribution in [0.1, 0.15) is 55.0 Å². The number of hydrogen-bond acceptors (Lipinski definition) is 23. The third kappa shape index (κ3) is 24.0. The maximum Gasteiger partial charge on any atom is 0.408 e. The van der Waals surface area contributed by atoms with Gasteiger partial charge in [0, 0.05) is 0 Å². The summed E-state index contributed by atoms with van der Waals surface area (Å²) in [5.41, 5.74) is 2.41. The molecule has 0 aromatic heterocycles. The molecule has 7 amide bonds. The van der Waals surface area contributed by atoms with Gasteiger partial charge in [-0.3, -0.25) is 4.79 Å². The molecule has 5 aromatic carbocycles. The zero-order valence-electron chi connectivity index (χ0n) is 55.6. The van der Waals surface area contributed by atoms with E-state index in [1.165, 1.54) is 24.3 Å². The number of amides is 7. The molecule has 9 rings (SSSR count). The molecule has 0 unspecified atom stereocenters. The fraction of sp³-hybridized carbons (Fsp3) is 0.423. The monoisotopic (exact) mass is 1400 g/mol. The van der Waals surface area contributed by atoms with Crippen LogP contribution in [0.2, 0.25) is 0 Å². The summed E-state index contributed by atoms with van der Waals surface area (Å²) in [5, 5.41) is 65.8. The molecular formula is C71H85N7O23. The molecule has 4 aliphatic rings. The molecular weight excluding hydrogens is 1320 g/mol. The van der Waals surface area contributed by atoms with Crippen molar-refractivity contribution < 1.29 is 111 Å². The number of hydrogen-bond donors (Lipinski definition) is 11. The van der Waals surface area contributed by atoms with Gasteiger partial charge in [-0.25, -0.2) is 28.8 Å². The Morgan fingerprint density at radius 1 is 0.446 bits per heavy atom. The summed E-state index contributed by atoms with van der Waals surface area (Å²) in [5.74, 6) is -1.14. The second-order valence-electron chi connectivity index (χ2n) is 24.8. The lowest BCUT2D eigenvalue weighted by Gasteiger charge is -2.47. The van der Waals surface area contributed by atoms with Crippen molar-refractivity contribution in [2.45, 2.75) is 164 Å². The molecule has 3 heterocycles. The standard InChI is InChI=1S/C71H85N7O23/c1-71(2,3)101-67(86)74-36-54(80)61(83)75-52-33-53(78-70(89)94-42-47-27-17-8-18-28-47)58(98-62-50(76-68(87)92-40-45-23-13-6-14-24-45)31-29-48(95-62)34-72-65(84)90-38-43-19-9-4-10-20-43)60(56(52)81)100-64-57(82)59(55(37-79)97-64)99-63-51(77-69(88)93-41-46-25-15-7-16-26-46)32-30-49(96-63)35-73-66(85)91-39-44-21-11-5-12-22-44/h4-32,48-60,62-64,79-82H,33-42H2,1-3H3,(H,72,84)(H,73,85)(H,74,86)(H,75,83)(H,76,87)(H,77,88)(H,78,89)/t48-,49+,50+,51+,52+,53-,54-,55+,56-,57+,58+,59+,60+,62+,63+,64-/m0/s1. The van der Waals surface area contributed by atoms with Crippen LogP contribution in [-0.4, -0.2) is 193 Å². The SMILES string of the molecule is CC(C)(C)OC(=O)NC[C@H](O)C(=O)N[C@@H]1C[C@H](NC(=O)OCc2ccccc2)[C@@H](O[C@H]2O[C@H](CNC(=O)OCc3ccccc3)C=C[C@H]2NC(=O)OCc2ccccc2)[C@H](O[C@@H]2O[C@H](CO)[C@@H](O[C@H]3O[C@@H](CNC(=O)OCc4ccccc4)C=C[C@H]3NC(=O)OCc3ccccc3)[C@H]2O)[C@H]1O. The number of nitrogens with one attached hydrogen (secondary N) is 7. The fourth-order valence-electron chi connectivity index (χ4n) is 10.9. The van der Waals surface area contributed by atoms with E-state index in [0.29, 0.717) is 22.3 Å². The van der Waals surface area contributed by atoms with Crippen molar-refractivity contribution in [3.63, 3.8) is 0 Å². The Balaban J connectivity index is 1.01. The first-order chi connectivity index (χ1) is 48.7. The van der Waals surface area contributed by atoms with Gasteiger partial charge >= 0.3 is 36.6 Å². The zero-order valence-corrected chi connectivity index (χ0v) is 55.6. The van der Waals surface area contributed by atoms with E-state index >= 15 is 0 Å². The van der Waals surface area contributed by atoms with Crippen LogP contribution in [0.15, 0.2) is 176 Å². The number of aliphatic hydroxyl groups is 4. The lowest BCUT2D eigenvalue weighted by atomic mass is 9.83. The molecule has 2 fully saturated rings. The van der Waals surface area contributed by atoms with Crippen molar-refractivity contribution in [1.82, 2.24) is 37.2 Å². The summed E-state index contributed by atoms with van der Waals surface area (Å²) in [7, 11) is 0. The van der Waals surface area contributed by atoms with Gasteiger partial charge in [0.05, 0.1) is 50.5 Å². The van der Waals surface area contributed by atoms with E-state index in [1.807, 2.05) is 12.1 Å². The van der Waals surface area contributed by atoms with Crippen LogP contribution >= 0.6 is 0 Å². The topological polar surface area (TPSA) is 395 Å². The van der Waals surface area contributed by atoms with Crippen molar-refractivity contribution in [1.29, 1.82) is 0 Å². The van der Waals surface area contributed by atoms with Gasteiger partial charge in [0.1, 0.15) is 93.4 Å². The maximum absolute atomic E-state index is 14.2. The lowest BCUT2D eigenvalue weighted by molar-refractivity contribution is -0.282. The molecule has 16 atom stereocenters. The van der Waals surface area contributed by atoms with Crippen molar-refractivity contribution in [2.75, 3.05) is 26.2 Å². The Bertz CT molecular complexity index is 3510. The van der Waals surface area contributed by atoms with Crippen molar-refractivity contribution >= 4 is 42.5 Å². The molecule has 3 aliphatic heterocycles. The highest BCUT2D eigenvalue weighted by molar-refractivity contribution is 5.82. The van der Waals surface area contributed by atoms with Crippen LogP contribution in [0.3, 0.4) is 0 Å². The summed E-state index contributed by atoms with van der Waals surface area (Å²) in [6.45, 7) is 2.20. The third-order valence-corrected chi connectivity index (χ3v) is 15.9. The van der Waals surface area contributed by atoms with E-state index in [-0.39, 0.29) is 46.1 Å². The average Bonchev–Trinajstić information content (AvgIpc) is 1.77. The summed E-state index contributed by atoms with van der Waals surface area (Å²) < 4.78 is 71.8. The van der Waals surface area contributed by atoms with Crippen molar-refractivity contribution in [3.05, 3.63) is 204 Å². The van der Waals surface area contributed by atoms with Crippen LogP contribution in [0.4, 0.5) is 28.8 Å². The zero-order chi connectivity index (χ0) is 71.7. The van der Waals surface area contributed by atoms with Crippen molar-refractivity contribution in [3.8, 4) is 0 Å². The summed E-state index contributed by atoms with van der Waals surface area (Å²) in [6, 6.07) is 38.6. The molecule has 0 bridgehead atoms. The number of alkyl carbamates (subject to hydrolysis) is 6. The molecule has 542 valence electrons. The van der Waals surface area contributed by atoms with E-state index in [4.69, 9.17) is 56.8 Å². The number of aliphatic hydroxyl groups excluding tert-OH is 4. The number of benzene rings is 5. The van der Waals surface area contributed by atoms with Crippen LogP contribution in [0.5, 0.6) is 0 Å². The minimum Gasteiger partial charge on any atom is -0.445 e. The molecule has 0 radical (unpaired) electrons. The van der Waals surface area contributed by atoms with Gasteiger partial charge in [-0.05, 0) is 55.0 Å². The van der Waals surface area contributed by atoms with Gasteiger partial charge in [-0.2, -0.15) is 0 Å². The predicted octanol–water partition coefficient (Wildman–Crippen LogP) is 4.66. The summed E-state index contributed by atoms with van der Waals surface area (Å²) in [6.07, 6.45) is -19.8.